The number of nitrogens with zero attached hydrogens (tertiary/aromatic N) is 4. The summed E-state index contributed by atoms with van der Waals surface area (Å²) in [5.41, 5.74) is 2.85. The van der Waals surface area contributed by atoms with Gasteiger partial charge in [0.05, 0.1) is 5.69 Å². The summed E-state index contributed by atoms with van der Waals surface area (Å²) in [6.07, 6.45) is 0. The van der Waals surface area contributed by atoms with Crippen LogP contribution in [0.2, 0.25) is 5.02 Å². The van der Waals surface area contributed by atoms with E-state index in [0.717, 1.165) is 16.8 Å². The maximum absolute atomic E-state index is 13.1. The van der Waals surface area contributed by atoms with Gasteiger partial charge in [0, 0.05) is 10.8 Å². The lowest BCUT2D eigenvalue weighted by Gasteiger charge is -2.07. The van der Waals surface area contributed by atoms with Crippen LogP contribution in [-0.4, -0.2) is 20.2 Å². The molecule has 22 heavy (non-hydrogen) atoms. The van der Waals surface area contributed by atoms with Crippen LogP contribution in [-0.2, 0) is 5.75 Å². The molecule has 0 radical (unpaired) electrons. The van der Waals surface area contributed by atoms with Crippen LogP contribution in [0.5, 0.6) is 0 Å². The van der Waals surface area contributed by atoms with Gasteiger partial charge in [-0.1, -0.05) is 47.6 Å². The lowest BCUT2D eigenvalue weighted by Crippen LogP contribution is -2.01. The van der Waals surface area contributed by atoms with Gasteiger partial charge >= 0.3 is 0 Å². The van der Waals surface area contributed by atoms with E-state index in [-0.39, 0.29) is 5.82 Å². The highest BCUT2D eigenvalue weighted by atomic mass is 35.5. The first-order chi connectivity index (χ1) is 10.6. The van der Waals surface area contributed by atoms with E-state index >= 15 is 0 Å². The molecule has 2 aromatic carbocycles. The smallest absolute Gasteiger partial charge is 0.207 e. The molecule has 7 heteroatoms. The SMILES string of the molecule is Cc1ccccc1-n1nnnc1SCc1ccc(F)cc1Cl. The van der Waals surface area contributed by atoms with Crippen molar-refractivity contribution in [3.8, 4) is 5.69 Å². The third kappa shape index (κ3) is 3.13. The van der Waals surface area contributed by atoms with Crippen molar-refractivity contribution in [3.63, 3.8) is 0 Å². The Bertz CT molecular complexity index is 806. The average molecular weight is 335 g/mol. The first-order valence-electron chi connectivity index (χ1n) is 6.56. The van der Waals surface area contributed by atoms with Gasteiger partial charge in [-0.25, -0.2) is 4.39 Å². The zero-order valence-corrected chi connectivity index (χ0v) is 13.3. The molecule has 0 atom stereocenters. The van der Waals surface area contributed by atoms with Gasteiger partial charge in [0.25, 0.3) is 0 Å². The summed E-state index contributed by atoms with van der Waals surface area (Å²) in [5.74, 6) is 0.217. The molecule has 0 aliphatic heterocycles. The molecule has 1 heterocycles. The summed E-state index contributed by atoms with van der Waals surface area (Å²) >= 11 is 7.49. The summed E-state index contributed by atoms with van der Waals surface area (Å²) in [5, 5.41) is 12.9. The van der Waals surface area contributed by atoms with Gasteiger partial charge in [-0.2, -0.15) is 4.68 Å². The minimum Gasteiger partial charge on any atom is -0.207 e. The summed E-state index contributed by atoms with van der Waals surface area (Å²) in [6, 6.07) is 12.2. The van der Waals surface area contributed by atoms with Crippen molar-refractivity contribution in [2.24, 2.45) is 0 Å². The van der Waals surface area contributed by atoms with E-state index in [9.17, 15) is 4.39 Å². The first-order valence-corrected chi connectivity index (χ1v) is 7.92. The van der Waals surface area contributed by atoms with Crippen LogP contribution < -0.4 is 0 Å². The molecule has 0 amide bonds. The average Bonchev–Trinajstić information content (AvgIpc) is 2.95. The fourth-order valence-corrected chi connectivity index (χ4v) is 3.20. The second kappa shape index (κ2) is 6.46. The van der Waals surface area contributed by atoms with Gasteiger partial charge in [0.2, 0.25) is 5.16 Å². The van der Waals surface area contributed by atoms with Crippen molar-refractivity contribution in [1.82, 2.24) is 20.2 Å². The summed E-state index contributed by atoms with van der Waals surface area (Å²) in [6.45, 7) is 2.00. The van der Waals surface area contributed by atoms with Crippen molar-refractivity contribution in [2.75, 3.05) is 0 Å². The number of rotatable bonds is 4. The molecule has 3 rings (SSSR count). The lowest BCUT2D eigenvalue weighted by molar-refractivity contribution is 0.627. The number of aromatic nitrogens is 4. The molecule has 0 unspecified atom stereocenters. The van der Waals surface area contributed by atoms with Crippen LogP contribution in [0.4, 0.5) is 4.39 Å². The molecule has 3 aromatic rings. The Kier molecular flexibility index (Phi) is 4.40. The number of aryl methyl sites for hydroxylation is 1. The van der Waals surface area contributed by atoms with Gasteiger partial charge in [-0.05, 0) is 46.7 Å². The van der Waals surface area contributed by atoms with Gasteiger partial charge < -0.3 is 0 Å². The van der Waals surface area contributed by atoms with Gasteiger partial charge in [-0.15, -0.1) is 5.10 Å². The van der Waals surface area contributed by atoms with Crippen LogP contribution in [0.15, 0.2) is 47.6 Å². The van der Waals surface area contributed by atoms with Crippen molar-refractivity contribution in [2.45, 2.75) is 17.8 Å². The quantitative estimate of drug-likeness (QED) is 0.675. The van der Waals surface area contributed by atoms with Crippen LogP contribution in [0.3, 0.4) is 0 Å². The fraction of sp³-hybridized carbons (Fsp3) is 0.133. The molecule has 0 bridgehead atoms. The third-order valence-electron chi connectivity index (χ3n) is 3.16. The van der Waals surface area contributed by atoms with E-state index in [4.69, 9.17) is 11.6 Å². The van der Waals surface area contributed by atoms with Crippen molar-refractivity contribution >= 4 is 23.4 Å². The molecule has 0 aliphatic carbocycles. The zero-order chi connectivity index (χ0) is 15.5. The van der Waals surface area contributed by atoms with Gasteiger partial charge in [0.15, 0.2) is 0 Å². The molecule has 0 saturated carbocycles. The standard InChI is InChI=1S/C15H12ClFN4S/c1-10-4-2-3-5-14(10)21-15(18-19-20-21)22-9-11-6-7-12(17)8-13(11)16/h2-8H,9H2,1H3. The summed E-state index contributed by atoms with van der Waals surface area (Å²) in [4.78, 5) is 0. The minimum absolute atomic E-state index is 0.344. The third-order valence-corrected chi connectivity index (χ3v) is 4.48. The number of hydrogen-bond acceptors (Lipinski definition) is 4. The molecule has 1 aromatic heterocycles. The van der Waals surface area contributed by atoms with Crippen LogP contribution >= 0.6 is 23.4 Å². The zero-order valence-electron chi connectivity index (χ0n) is 11.7. The fourth-order valence-electron chi connectivity index (χ4n) is 2.00. The normalized spacial score (nSPS) is 10.9. The molecular weight excluding hydrogens is 323 g/mol. The van der Waals surface area contributed by atoms with E-state index < -0.39 is 0 Å². The van der Waals surface area contributed by atoms with E-state index in [0.29, 0.717) is 15.9 Å². The Labute approximate surface area is 136 Å². The maximum Gasteiger partial charge on any atom is 0.214 e. The molecule has 0 fully saturated rings. The number of halogens is 2. The number of hydrogen-bond donors (Lipinski definition) is 0. The largest absolute Gasteiger partial charge is 0.214 e. The van der Waals surface area contributed by atoms with Crippen LogP contribution in [0.25, 0.3) is 5.69 Å². The van der Waals surface area contributed by atoms with E-state index in [1.807, 2.05) is 31.2 Å². The Hall–Kier alpha value is -1.92. The minimum atomic E-state index is -0.344. The Morgan fingerprint density at radius 3 is 2.82 bits per heavy atom. The number of para-hydroxylation sites is 1. The van der Waals surface area contributed by atoms with E-state index in [1.165, 1.54) is 23.9 Å². The highest BCUT2D eigenvalue weighted by molar-refractivity contribution is 7.98. The monoisotopic (exact) mass is 334 g/mol. The Morgan fingerprint density at radius 1 is 1.23 bits per heavy atom. The summed E-state index contributed by atoms with van der Waals surface area (Å²) < 4.78 is 14.8. The van der Waals surface area contributed by atoms with E-state index in [2.05, 4.69) is 15.5 Å². The molecule has 0 spiro atoms. The predicted octanol–water partition coefficient (Wildman–Crippen LogP) is 4.06. The van der Waals surface area contributed by atoms with Crippen molar-refractivity contribution in [3.05, 3.63) is 64.4 Å². The van der Waals surface area contributed by atoms with E-state index in [1.54, 1.807) is 10.7 Å². The van der Waals surface area contributed by atoms with Crippen molar-refractivity contribution in [1.29, 1.82) is 0 Å². The summed E-state index contributed by atoms with van der Waals surface area (Å²) in [7, 11) is 0. The molecular formula is C15H12ClFN4S. The molecule has 0 N–H and O–H groups in total. The first kappa shape index (κ1) is 15.0. The molecule has 112 valence electrons. The Morgan fingerprint density at radius 2 is 2.05 bits per heavy atom. The highest BCUT2D eigenvalue weighted by Crippen LogP contribution is 2.27. The van der Waals surface area contributed by atoms with Crippen LogP contribution in [0, 0.1) is 12.7 Å². The molecule has 4 nitrogen and oxygen atoms in total. The maximum atomic E-state index is 13.1. The predicted molar refractivity (Wildman–Crippen MR) is 84.9 cm³/mol. The van der Waals surface area contributed by atoms with Crippen molar-refractivity contribution < 1.29 is 4.39 Å². The van der Waals surface area contributed by atoms with Crippen LogP contribution in [0.1, 0.15) is 11.1 Å². The second-order valence-electron chi connectivity index (χ2n) is 4.68. The lowest BCUT2D eigenvalue weighted by atomic mass is 10.2. The van der Waals surface area contributed by atoms with Gasteiger partial charge in [-0.3, -0.25) is 0 Å². The number of tetrazole rings is 1. The number of benzene rings is 2. The highest BCUT2D eigenvalue weighted by Gasteiger charge is 2.12. The van der Waals surface area contributed by atoms with Gasteiger partial charge in [0.1, 0.15) is 5.82 Å². The molecule has 0 saturated heterocycles. The molecule has 0 aliphatic rings. The second-order valence-corrected chi connectivity index (χ2v) is 6.03. The topological polar surface area (TPSA) is 43.6 Å². The number of thioether (sulfide) groups is 1. The Balaban J connectivity index is 1.83.